The molecule has 0 aromatic heterocycles. The molecule has 0 saturated carbocycles. The first-order chi connectivity index (χ1) is 7.44. The summed E-state index contributed by atoms with van der Waals surface area (Å²) in [5.74, 6) is 0.104. The predicted molar refractivity (Wildman–Crippen MR) is 60.2 cm³/mol. The quantitative estimate of drug-likeness (QED) is 0.468. The SMILES string of the molecule is O=[N+]([O-])c1ccc(CSS(=O)(=O)OCl)cc1. The van der Waals surface area contributed by atoms with E-state index in [4.69, 9.17) is 11.9 Å². The smallest absolute Gasteiger partial charge is 0.258 e. The molecule has 0 heterocycles. The Bertz CT molecular complexity index is 472. The number of hydrogen-bond donors (Lipinski definition) is 0. The van der Waals surface area contributed by atoms with Gasteiger partial charge in [0.25, 0.3) is 5.69 Å². The van der Waals surface area contributed by atoms with Crippen LogP contribution in [0.4, 0.5) is 5.69 Å². The summed E-state index contributed by atoms with van der Waals surface area (Å²) in [6.07, 6.45) is 0. The Morgan fingerprint density at radius 2 is 1.94 bits per heavy atom. The van der Waals surface area contributed by atoms with Crippen LogP contribution in [0.1, 0.15) is 5.56 Å². The normalized spacial score (nSPS) is 11.3. The Morgan fingerprint density at radius 1 is 1.38 bits per heavy atom. The van der Waals surface area contributed by atoms with Gasteiger partial charge in [-0.05, 0) is 5.56 Å². The van der Waals surface area contributed by atoms with Gasteiger partial charge in [0, 0.05) is 28.7 Å². The summed E-state index contributed by atoms with van der Waals surface area (Å²) >= 11 is 4.73. The van der Waals surface area contributed by atoms with Crippen LogP contribution in [-0.4, -0.2) is 13.3 Å². The van der Waals surface area contributed by atoms with Crippen molar-refractivity contribution in [1.29, 1.82) is 0 Å². The maximum Gasteiger partial charge on any atom is 0.338 e. The molecule has 1 rings (SSSR count). The molecule has 0 saturated heterocycles. The molecule has 0 aliphatic heterocycles. The number of rotatable bonds is 5. The highest BCUT2D eigenvalue weighted by molar-refractivity contribution is 8.70. The van der Waals surface area contributed by atoms with Crippen molar-refractivity contribution in [2.45, 2.75) is 5.75 Å². The van der Waals surface area contributed by atoms with Gasteiger partial charge < -0.3 is 0 Å². The standard InChI is InChI=1S/C7H6ClNO5S2/c8-14-16(12,13)15-5-6-1-3-7(4-2-6)9(10)11/h1-4H,5H2. The van der Waals surface area contributed by atoms with E-state index in [2.05, 4.69) is 3.74 Å². The van der Waals surface area contributed by atoms with Crippen LogP contribution in [0, 0.1) is 10.1 Å². The third-order valence-corrected chi connectivity index (χ3v) is 4.63. The summed E-state index contributed by atoms with van der Waals surface area (Å²) in [5.41, 5.74) is 0.568. The number of non-ortho nitro benzene ring substituents is 1. The summed E-state index contributed by atoms with van der Waals surface area (Å²) in [4.78, 5) is 9.81. The maximum atomic E-state index is 10.8. The Labute approximate surface area is 100 Å². The van der Waals surface area contributed by atoms with Crippen LogP contribution in [0.25, 0.3) is 0 Å². The van der Waals surface area contributed by atoms with Crippen molar-refractivity contribution in [3.8, 4) is 0 Å². The van der Waals surface area contributed by atoms with E-state index in [1.165, 1.54) is 24.3 Å². The molecule has 0 N–H and O–H groups in total. The lowest BCUT2D eigenvalue weighted by molar-refractivity contribution is -0.384. The molecule has 16 heavy (non-hydrogen) atoms. The van der Waals surface area contributed by atoms with E-state index in [1.807, 2.05) is 0 Å². The Kier molecular flexibility index (Phi) is 4.54. The van der Waals surface area contributed by atoms with Crippen LogP contribution >= 0.6 is 22.7 Å². The third-order valence-electron chi connectivity index (χ3n) is 1.59. The van der Waals surface area contributed by atoms with Gasteiger partial charge in [-0.15, -0.1) is 3.74 Å². The minimum atomic E-state index is -3.80. The van der Waals surface area contributed by atoms with E-state index in [-0.39, 0.29) is 11.4 Å². The van der Waals surface area contributed by atoms with Crippen LogP contribution < -0.4 is 0 Å². The fourth-order valence-electron chi connectivity index (χ4n) is 0.872. The van der Waals surface area contributed by atoms with Crippen molar-refractivity contribution >= 4 is 37.5 Å². The summed E-state index contributed by atoms with van der Waals surface area (Å²) in [6.45, 7) is 0. The predicted octanol–water partition coefficient (Wildman–Crippen LogP) is 2.24. The summed E-state index contributed by atoms with van der Waals surface area (Å²) in [5, 5.41) is 10.3. The van der Waals surface area contributed by atoms with Crippen LogP contribution in [0.15, 0.2) is 24.3 Å². The Morgan fingerprint density at radius 3 is 2.38 bits per heavy atom. The van der Waals surface area contributed by atoms with Crippen molar-refractivity contribution in [1.82, 2.24) is 0 Å². The summed E-state index contributed by atoms with van der Waals surface area (Å²) in [6, 6.07) is 5.53. The first-order valence-corrected chi connectivity index (χ1v) is 7.09. The van der Waals surface area contributed by atoms with Gasteiger partial charge in [0.15, 0.2) is 0 Å². The first-order valence-electron chi connectivity index (χ1n) is 3.87. The monoisotopic (exact) mass is 283 g/mol. The van der Waals surface area contributed by atoms with Gasteiger partial charge in [-0.1, -0.05) is 12.1 Å². The molecule has 6 nitrogen and oxygen atoms in total. The number of hydrogen-bond acceptors (Lipinski definition) is 6. The number of benzene rings is 1. The average molecular weight is 284 g/mol. The van der Waals surface area contributed by atoms with Gasteiger partial charge in [-0.3, -0.25) is 10.1 Å². The topological polar surface area (TPSA) is 86.5 Å². The van der Waals surface area contributed by atoms with Crippen LogP contribution in [0.3, 0.4) is 0 Å². The van der Waals surface area contributed by atoms with Crippen molar-refractivity contribution in [3.63, 3.8) is 0 Å². The molecule has 0 unspecified atom stereocenters. The largest absolute Gasteiger partial charge is 0.338 e. The lowest BCUT2D eigenvalue weighted by Crippen LogP contribution is -1.93. The Balaban J connectivity index is 2.66. The molecule has 0 amide bonds. The fourth-order valence-corrected chi connectivity index (χ4v) is 2.66. The highest BCUT2D eigenvalue weighted by atomic mass is 35.5. The average Bonchev–Trinajstić information content (AvgIpc) is 2.27. The van der Waals surface area contributed by atoms with Crippen LogP contribution in [0.5, 0.6) is 0 Å². The molecule has 88 valence electrons. The maximum absolute atomic E-state index is 10.8. The number of nitrogens with zero attached hydrogens (tertiary/aromatic N) is 1. The zero-order chi connectivity index (χ0) is 12.2. The zero-order valence-electron chi connectivity index (χ0n) is 7.70. The summed E-state index contributed by atoms with van der Waals surface area (Å²) in [7, 11) is -3.30. The van der Waals surface area contributed by atoms with Gasteiger partial charge in [0.1, 0.15) is 0 Å². The molecule has 0 fully saturated rings. The Hall–Kier alpha value is -0.830. The molecule has 0 atom stereocenters. The molecule has 1 aromatic rings. The van der Waals surface area contributed by atoms with E-state index < -0.39 is 14.1 Å². The van der Waals surface area contributed by atoms with E-state index in [9.17, 15) is 18.5 Å². The molecule has 0 radical (unpaired) electrons. The number of halogens is 1. The third kappa shape index (κ3) is 3.97. The second-order valence-corrected chi connectivity index (χ2v) is 6.43. The highest BCUT2D eigenvalue weighted by Crippen LogP contribution is 2.22. The molecular formula is C7H6ClNO5S2. The second-order valence-electron chi connectivity index (χ2n) is 2.66. The fraction of sp³-hybridized carbons (Fsp3) is 0.143. The summed E-state index contributed by atoms with van der Waals surface area (Å²) < 4.78 is 25.4. The van der Waals surface area contributed by atoms with E-state index in [0.29, 0.717) is 16.4 Å². The van der Waals surface area contributed by atoms with Gasteiger partial charge in [0.05, 0.1) is 16.8 Å². The molecule has 0 bridgehead atoms. The molecule has 1 aromatic carbocycles. The molecule has 0 spiro atoms. The van der Waals surface area contributed by atoms with Crippen molar-refractivity contribution < 1.29 is 17.1 Å². The van der Waals surface area contributed by atoms with Crippen molar-refractivity contribution in [2.75, 3.05) is 0 Å². The molecule has 9 heteroatoms. The van der Waals surface area contributed by atoms with Crippen LogP contribution in [0.2, 0.25) is 0 Å². The van der Waals surface area contributed by atoms with Crippen LogP contribution in [-0.2, 0) is 18.6 Å². The van der Waals surface area contributed by atoms with E-state index in [1.54, 1.807) is 0 Å². The zero-order valence-corrected chi connectivity index (χ0v) is 10.1. The minimum Gasteiger partial charge on any atom is -0.258 e. The minimum absolute atomic E-state index is 0.0507. The van der Waals surface area contributed by atoms with Crippen molar-refractivity contribution in [2.24, 2.45) is 0 Å². The van der Waals surface area contributed by atoms with E-state index >= 15 is 0 Å². The second kappa shape index (κ2) is 5.48. The lowest BCUT2D eigenvalue weighted by atomic mass is 10.2. The number of nitro groups is 1. The van der Waals surface area contributed by atoms with Gasteiger partial charge >= 0.3 is 9.15 Å². The first kappa shape index (κ1) is 13.2. The lowest BCUT2D eigenvalue weighted by Gasteiger charge is -1.99. The van der Waals surface area contributed by atoms with Crippen molar-refractivity contribution in [3.05, 3.63) is 39.9 Å². The van der Waals surface area contributed by atoms with Gasteiger partial charge in [0.2, 0.25) is 0 Å². The number of nitro benzene ring substituents is 1. The van der Waals surface area contributed by atoms with E-state index in [0.717, 1.165) is 0 Å². The highest BCUT2D eigenvalue weighted by Gasteiger charge is 2.12. The molecule has 0 aliphatic rings. The van der Waals surface area contributed by atoms with Gasteiger partial charge in [-0.25, -0.2) is 0 Å². The van der Waals surface area contributed by atoms with Gasteiger partial charge in [-0.2, -0.15) is 8.42 Å². The molecular weight excluding hydrogens is 278 g/mol. The molecule has 0 aliphatic carbocycles.